The Bertz CT molecular complexity index is 955. The van der Waals surface area contributed by atoms with E-state index in [4.69, 9.17) is 0 Å². The highest BCUT2D eigenvalue weighted by molar-refractivity contribution is 8.00. The fraction of sp³-hybridized carbons (Fsp3) is 0.478. The highest BCUT2D eigenvalue weighted by Gasteiger charge is 2.29. The minimum Gasteiger partial charge on any atom is -0.385 e. The monoisotopic (exact) mass is 445 g/mol. The molecule has 0 aliphatic carbocycles. The molecule has 2 aliphatic heterocycles. The van der Waals surface area contributed by atoms with Gasteiger partial charge >= 0.3 is 0 Å². The average Bonchev–Trinajstić information content (AvgIpc) is 2.77. The minimum atomic E-state index is -3.56. The van der Waals surface area contributed by atoms with Gasteiger partial charge in [0.1, 0.15) is 0 Å². The van der Waals surface area contributed by atoms with E-state index in [1.165, 1.54) is 32.4 Å². The van der Waals surface area contributed by atoms with Gasteiger partial charge in [-0.2, -0.15) is 0 Å². The third kappa shape index (κ3) is 4.95. The van der Waals surface area contributed by atoms with Gasteiger partial charge in [-0.1, -0.05) is 24.1 Å². The molecule has 2 aromatic rings. The summed E-state index contributed by atoms with van der Waals surface area (Å²) in [5, 5.41) is 3.50. The number of aryl methyl sites for hydroxylation is 1. The third-order valence-electron chi connectivity index (χ3n) is 5.82. The second-order valence-electron chi connectivity index (χ2n) is 8.10. The summed E-state index contributed by atoms with van der Waals surface area (Å²) in [6.07, 6.45) is 5.10. The van der Waals surface area contributed by atoms with Gasteiger partial charge in [0.15, 0.2) is 0 Å². The third-order valence-corrected chi connectivity index (χ3v) is 8.69. The Morgan fingerprint density at radius 3 is 2.53 bits per heavy atom. The maximum absolute atomic E-state index is 13.3. The van der Waals surface area contributed by atoms with E-state index in [0.717, 1.165) is 47.1 Å². The molecule has 1 saturated heterocycles. The molecule has 30 heavy (non-hydrogen) atoms. The quantitative estimate of drug-likeness (QED) is 0.632. The molecule has 2 aromatic carbocycles. The average molecular weight is 446 g/mol. The van der Waals surface area contributed by atoms with Gasteiger partial charge in [-0.15, -0.1) is 11.8 Å². The van der Waals surface area contributed by atoms with E-state index in [-0.39, 0.29) is 0 Å². The van der Waals surface area contributed by atoms with Crippen molar-refractivity contribution in [3.8, 4) is 0 Å². The fourth-order valence-corrected chi connectivity index (χ4v) is 6.73. The zero-order chi connectivity index (χ0) is 21.0. The maximum atomic E-state index is 13.3. The van der Waals surface area contributed by atoms with Gasteiger partial charge in [-0.3, -0.25) is 4.31 Å². The molecular formula is C23H31N3O2S2. The smallest absolute Gasteiger partial charge is 0.264 e. The second kappa shape index (κ2) is 9.62. The lowest BCUT2D eigenvalue weighted by Crippen LogP contribution is -2.35. The van der Waals surface area contributed by atoms with Gasteiger partial charge in [0, 0.05) is 29.4 Å². The lowest BCUT2D eigenvalue weighted by atomic mass is 10.1. The predicted molar refractivity (Wildman–Crippen MR) is 126 cm³/mol. The maximum Gasteiger partial charge on any atom is 0.264 e. The van der Waals surface area contributed by atoms with Crippen molar-refractivity contribution in [2.75, 3.05) is 48.1 Å². The molecule has 0 aromatic heterocycles. The normalized spacial score (nSPS) is 17.6. The Hall–Kier alpha value is -1.70. The van der Waals surface area contributed by atoms with Gasteiger partial charge in [-0.05, 0) is 76.2 Å². The number of hydrogen-bond acceptors (Lipinski definition) is 5. The molecule has 0 radical (unpaired) electrons. The molecule has 0 spiro atoms. The number of likely N-dealkylation sites (tertiary alicyclic amines) is 1. The molecule has 5 nitrogen and oxygen atoms in total. The molecule has 0 saturated carbocycles. The number of nitrogens with one attached hydrogen (secondary N) is 1. The fourth-order valence-electron chi connectivity index (χ4n) is 4.11. The number of fused-ring (bicyclic) bond motifs is 1. The molecule has 0 unspecified atom stereocenters. The van der Waals surface area contributed by atoms with E-state index in [9.17, 15) is 8.42 Å². The Labute approximate surface area is 184 Å². The Balaban J connectivity index is 1.45. The molecule has 2 heterocycles. The van der Waals surface area contributed by atoms with E-state index >= 15 is 0 Å². The molecule has 4 rings (SSSR count). The van der Waals surface area contributed by atoms with Crippen LogP contribution in [-0.2, 0) is 10.0 Å². The summed E-state index contributed by atoms with van der Waals surface area (Å²) in [6, 6.07) is 13.2. The van der Waals surface area contributed by atoms with Crippen molar-refractivity contribution in [3.63, 3.8) is 0 Å². The molecule has 1 N–H and O–H groups in total. The van der Waals surface area contributed by atoms with Crippen molar-refractivity contribution in [3.05, 3.63) is 48.0 Å². The molecule has 0 bridgehead atoms. The van der Waals surface area contributed by atoms with E-state index in [1.807, 2.05) is 31.2 Å². The van der Waals surface area contributed by atoms with E-state index < -0.39 is 10.0 Å². The molecule has 1 fully saturated rings. The van der Waals surface area contributed by atoms with E-state index in [0.29, 0.717) is 11.4 Å². The molecule has 7 heteroatoms. The van der Waals surface area contributed by atoms with Crippen molar-refractivity contribution < 1.29 is 8.42 Å². The first-order valence-electron chi connectivity index (χ1n) is 10.9. The minimum absolute atomic E-state index is 0.353. The van der Waals surface area contributed by atoms with Crippen LogP contribution in [0.5, 0.6) is 0 Å². The second-order valence-corrected chi connectivity index (χ2v) is 11.1. The summed E-state index contributed by atoms with van der Waals surface area (Å²) < 4.78 is 28.2. The zero-order valence-corrected chi connectivity index (χ0v) is 19.3. The van der Waals surface area contributed by atoms with Gasteiger partial charge in [-0.25, -0.2) is 8.42 Å². The van der Waals surface area contributed by atoms with Crippen LogP contribution >= 0.6 is 11.8 Å². The lowest BCUT2D eigenvalue weighted by Gasteiger charge is -2.30. The molecular weight excluding hydrogens is 414 g/mol. The Morgan fingerprint density at radius 1 is 1.00 bits per heavy atom. The van der Waals surface area contributed by atoms with Crippen LogP contribution in [0, 0.1) is 6.92 Å². The number of piperidine rings is 1. The van der Waals surface area contributed by atoms with Crippen LogP contribution in [0.3, 0.4) is 0 Å². The summed E-state index contributed by atoms with van der Waals surface area (Å²) in [6.45, 7) is 6.93. The molecule has 2 aliphatic rings. The van der Waals surface area contributed by atoms with E-state index in [1.54, 1.807) is 28.2 Å². The number of thioether (sulfide) groups is 1. The Morgan fingerprint density at radius 2 is 1.77 bits per heavy atom. The summed E-state index contributed by atoms with van der Waals surface area (Å²) in [5.74, 6) is 0.765. The topological polar surface area (TPSA) is 52.7 Å². The van der Waals surface area contributed by atoms with Crippen molar-refractivity contribution in [1.82, 2.24) is 4.90 Å². The lowest BCUT2D eigenvalue weighted by molar-refractivity contribution is 0.228. The summed E-state index contributed by atoms with van der Waals surface area (Å²) in [5.41, 5.74) is 2.83. The van der Waals surface area contributed by atoms with Crippen LogP contribution in [0.2, 0.25) is 0 Å². The SMILES string of the molecule is Cc1ccc(S(=O)(=O)N2CCSc3ccc(NCCCN4CCCCC4)cc32)cc1. The standard InChI is InChI=1S/C23H31N3O2S2/c1-19-6-9-21(10-7-19)30(27,28)26-16-17-29-23-11-8-20(18-22(23)26)24-12-5-15-25-13-3-2-4-14-25/h6-11,18,24H,2-5,12-17H2,1H3. The number of nitrogens with zero attached hydrogens (tertiary/aromatic N) is 2. The highest BCUT2D eigenvalue weighted by atomic mass is 32.2. The number of anilines is 2. The highest BCUT2D eigenvalue weighted by Crippen LogP contribution is 2.39. The van der Waals surface area contributed by atoms with Crippen LogP contribution < -0.4 is 9.62 Å². The first-order chi connectivity index (χ1) is 14.5. The number of rotatable bonds is 7. The number of benzene rings is 2. The van der Waals surface area contributed by atoms with Crippen LogP contribution in [-0.4, -0.2) is 51.8 Å². The van der Waals surface area contributed by atoms with Crippen molar-refractivity contribution in [1.29, 1.82) is 0 Å². The zero-order valence-electron chi connectivity index (χ0n) is 17.6. The van der Waals surface area contributed by atoms with Crippen LogP contribution in [0.4, 0.5) is 11.4 Å². The molecule has 0 atom stereocenters. The van der Waals surface area contributed by atoms with Gasteiger partial charge in [0.2, 0.25) is 0 Å². The van der Waals surface area contributed by atoms with Crippen LogP contribution in [0.25, 0.3) is 0 Å². The summed E-state index contributed by atoms with van der Waals surface area (Å²) in [7, 11) is -3.56. The van der Waals surface area contributed by atoms with Gasteiger partial charge in [0.05, 0.1) is 10.6 Å². The first-order valence-corrected chi connectivity index (χ1v) is 13.3. The van der Waals surface area contributed by atoms with Gasteiger partial charge < -0.3 is 10.2 Å². The largest absolute Gasteiger partial charge is 0.385 e. The van der Waals surface area contributed by atoms with Crippen LogP contribution in [0.15, 0.2) is 52.3 Å². The van der Waals surface area contributed by atoms with Crippen molar-refractivity contribution in [2.45, 2.75) is 42.4 Å². The molecule has 0 amide bonds. The predicted octanol–water partition coefficient (Wildman–Crippen LogP) is 4.58. The van der Waals surface area contributed by atoms with Crippen LogP contribution in [0.1, 0.15) is 31.2 Å². The van der Waals surface area contributed by atoms with Gasteiger partial charge in [0.25, 0.3) is 10.0 Å². The van der Waals surface area contributed by atoms with E-state index in [2.05, 4.69) is 16.3 Å². The van der Waals surface area contributed by atoms with Crippen molar-refractivity contribution in [2.24, 2.45) is 0 Å². The van der Waals surface area contributed by atoms with Crippen molar-refractivity contribution >= 4 is 33.2 Å². The first kappa shape index (κ1) is 21.5. The summed E-state index contributed by atoms with van der Waals surface area (Å²) >= 11 is 1.72. The Kier molecular flexibility index (Phi) is 6.91. The summed E-state index contributed by atoms with van der Waals surface area (Å²) in [4.78, 5) is 3.92. The number of hydrogen-bond donors (Lipinski definition) is 1. The molecule has 162 valence electrons. The number of sulfonamides is 1.